The maximum absolute atomic E-state index is 12.8. The Kier molecular flexibility index (Phi) is 4.26. The zero-order valence-corrected chi connectivity index (χ0v) is 18.9. The van der Waals surface area contributed by atoms with Crippen molar-refractivity contribution in [2.45, 2.75) is 65.8 Å². The molecule has 2 aliphatic carbocycles. The second-order valence-electron chi connectivity index (χ2n) is 11.5. The Hall–Kier alpha value is -2.11. The van der Waals surface area contributed by atoms with Crippen molar-refractivity contribution >= 4 is 17.1 Å². The van der Waals surface area contributed by atoms with Crippen LogP contribution in [0.15, 0.2) is 16.9 Å². The largest absolute Gasteiger partial charge is 0.342 e. The number of likely N-dealkylation sites (tertiary alicyclic amines) is 1. The lowest BCUT2D eigenvalue weighted by Gasteiger charge is -2.22. The van der Waals surface area contributed by atoms with E-state index in [-0.39, 0.29) is 16.5 Å². The van der Waals surface area contributed by atoms with Crippen LogP contribution in [0.4, 0.5) is 0 Å². The average Bonchev–Trinajstić information content (AvgIpc) is 3.04. The molecule has 2 aromatic rings. The van der Waals surface area contributed by atoms with Gasteiger partial charge >= 0.3 is 5.69 Å². The lowest BCUT2D eigenvalue weighted by atomic mass is 9.97. The third kappa shape index (κ3) is 3.19. The van der Waals surface area contributed by atoms with E-state index in [9.17, 15) is 9.59 Å². The van der Waals surface area contributed by atoms with Crippen LogP contribution in [0.25, 0.3) is 11.2 Å². The first-order chi connectivity index (χ1) is 14.1. The molecule has 0 spiro atoms. The molecule has 2 atom stereocenters. The van der Waals surface area contributed by atoms with Crippen molar-refractivity contribution in [3.63, 3.8) is 0 Å². The van der Waals surface area contributed by atoms with E-state index in [1.807, 2.05) is 11.6 Å². The topological polar surface area (TPSA) is 60.1 Å². The number of hydrogen-bond donors (Lipinski definition) is 0. The normalized spacial score (nSPS) is 27.6. The Morgan fingerprint density at radius 2 is 1.80 bits per heavy atom. The fraction of sp³-hybridized carbons (Fsp3) is 0.708. The van der Waals surface area contributed by atoms with Gasteiger partial charge in [-0.2, -0.15) is 0 Å². The molecule has 30 heavy (non-hydrogen) atoms. The number of hydrogen-bond acceptors (Lipinski definition) is 3. The number of nitrogens with zero attached hydrogens (tertiary/aromatic N) is 4. The minimum Gasteiger partial charge on any atom is -0.342 e. The minimum atomic E-state index is -0.0599. The van der Waals surface area contributed by atoms with Crippen LogP contribution in [0, 0.1) is 22.7 Å². The molecule has 3 fully saturated rings. The van der Waals surface area contributed by atoms with E-state index in [0.29, 0.717) is 30.2 Å². The summed E-state index contributed by atoms with van der Waals surface area (Å²) in [6, 6.07) is 4.21. The molecule has 3 heterocycles. The first-order valence-electron chi connectivity index (χ1n) is 11.4. The summed E-state index contributed by atoms with van der Waals surface area (Å²) < 4.78 is 3.55. The van der Waals surface area contributed by atoms with Crippen LogP contribution in [-0.2, 0) is 18.4 Å². The molecule has 1 amide bonds. The summed E-state index contributed by atoms with van der Waals surface area (Å²) in [7, 11) is 1.83. The molecule has 1 saturated heterocycles. The summed E-state index contributed by atoms with van der Waals surface area (Å²) in [6.07, 6.45) is 4.30. The first kappa shape index (κ1) is 19.8. The van der Waals surface area contributed by atoms with Crippen molar-refractivity contribution in [3.05, 3.63) is 28.3 Å². The quantitative estimate of drug-likeness (QED) is 0.778. The van der Waals surface area contributed by atoms with Gasteiger partial charge in [0, 0.05) is 43.7 Å². The highest BCUT2D eigenvalue weighted by atomic mass is 16.2. The third-order valence-corrected chi connectivity index (χ3v) is 7.61. The van der Waals surface area contributed by atoms with E-state index in [2.05, 4.69) is 44.7 Å². The summed E-state index contributed by atoms with van der Waals surface area (Å²) in [6.45, 7) is 11.1. The molecule has 2 aromatic heterocycles. The SMILES string of the molecule is Cn1c(=O)n(CC(C)(C)C)c2ccc(C3CC4CN(C(=O)C5(C)CC5)CC4C3)nc21. The van der Waals surface area contributed by atoms with Gasteiger partial charge < -0.3 is 4.90 Å². The first-order valence-corrected chi connectivity index (χ1v) is 11.4. The van der Waals surface area contributed by atoms with Gasteiger partial charge in [0.2, 0.25) is 5.91 Å². The van der Waals surface area contributed by atoms with Gasteiger partial charge in [0.05, 0.1) is 5.52 Å². The van der Waals surface area contributed by atoms with Crippen molar-refractivity contribution in [1.29, 1.82) is 0 Å². The molecule has 5 rings (SSSR count). The van der Waals surface area contributed by atoms with Crippen LogP contribution in [0.5, 0.6) is 0 Å². The molecule has 0 bridgehead atoms. The highest BCUT2D eigenvalue weighted by Crippen LogP contribution is 2.50. The highest BCUT2D eigenvalue weighted by Gasteiger charge is 2.51. The van der Waals surface area contributed by atoms with Crippen LogP contribution in [0.3, 0.4) is 0 Å². The number of carbonyl (C=O) groups excluding carboxylic acids is 1. The smallest absolute Gasteiger partial charge is 0.330 e. The van der Waals surface area contributed by atoms with Gasteiger partial charge in [-0.05, 0) is 55.1 Å². The monoisotopic (exact) mass is 410 g/mol. The summed E-state index contributed by atoms with van der Waals surface area (Å²) >= 11 is 0. The number of aromatic nitrogens is 3. The molecular weight excluding hydrogens is 376 g/mol. The Labute approximate surface area is 178 Å². The molecule has 2 unspecified atom stereocenters. The zero-order chi connectivity index (χ0) is 21.4. The average molecular weight is 411 g/mol. The zero-order valence-electron chi connectivity index (χ0n) is 18.9. The van der Waals surface area contributed by atoms with Crippen molar-refractivity contribution in [1.82, 2.24) is 19.0 Å². The summed E-state index contributed by atoms with van der Waals surface area (Å²) in [5, 5.41) is 0. The van der Waals surface area contributed by atoms with Crippen LogP contribution >= 0.6 is 0 Å². The van der Waals surface area contributed by atoms with E-state index < -0.39 is 0 Å². The molecule has 162 valence electrons. The Morgan fingerprint density at radius 3 is 2.37 bits per heavy atom. The second kappa shape index (κ2) is 6.44. The number of amides is 1. The van der Waals surface area contributed by atoms with Crippen LogP contribution in [0.2, 0.25) is 0 Å². The Balaban J connectivity index is 1.35. The van der Waals surface area contributed by atoms with Gasteiger partial charge in [-0.15, -0.1) is 0 Å². The lowest BCUT2D eigenvalue weighted by molar-refractivity contribution is -0.135. The van der Waals surface area contributed by atoms with Crippen LogP contribution in [-0.4, -0.2) is 38.0 Å². The number of imidazole rings is 1. The van der Waals surface area contributed by atoms with E-state index in [1.165, 1.54) is 0 Å². The Morgan fingerprint density at radius 1 is 1.17 bits per heavy atom. The number of aryl methyl sites for hydroxylation is 1. The van der Waals surface area contributed by atoms with Gasteiger partial charge in [0.1, 0.15) is 0 Å². The summed E-state index contributed by atoms with van der Waals surface area (Å²) in [5.41, 5.74) is 2.80. The fourth-order valence-electron chi connectivity index (χ4n) is 5.63. The molecular formula is C24H34N4O2. The predicted molar refractivity (Wildman–Crippen MR) is 117 cm³/mol. The maximum Gasteiger partial charge on any atom is 0.330 e. The molecule has 0 N–H and O–H groups in total. The van der Waals surface area contributed by atoms with E-state index in [1.54, 1.807) is 4.57 Å². The van der Waals surface area contributed by atoms with Gasteiger partial charge in [0.25, 0.3) is 0 Å². The molecule has 0 radical (unpaired) electrons. The Bertz CT molecular complexity index is 1060. The maximum atomic E-state index is 12.8. The van der Waals surface area contributed by atoms with Crippen molar-refractivity contribution < 1.29 is 4.79 Å². The standard InChI is InChI=1S/C24H34N4O2/c1-23(2,3)14-28-19-7-6-18(25-20(19)26(5)22(28)30)15-10-16-12-27(13-17(16)11-15)21(29)24(4)8-9-24/h6-7,15-17H,8-14H2,1-5H3. The number of rotatable bonds is 3. The van der Waals surface area contributed by atoms with Gasteiger partial charge in [-0.1, -0.05) is 27.7 Å². The second-order valence-corrected chi connectivity index (χ2v) is 11.5. The number of pyridine rings is 1. The number of carbonyl (C=O) groups is 1. The van der Waals surface area contributed by atoms with Gasteiger partial charge in [-0.3, -0.25) is 13.9 Å². The lowest BCUT2D eigenvalue weighted by Crippen LogP contribution is -2.35. The molecule has 6 heteroatoms. The summed E-state index contributed by atoms with van der Waals surface area (Å²) in [4.78, 5) is 32.6. The minimum absolute atomic E-state index is 0.00981. The van der Waals surface area contributed by atoms with Crippen LogP contribution < -0.4 is 5.69 Å². The van der Waals surface area contributed by atoms with Crippen molar-refractivity contribution in [2.24, 2.45) is 29.7 Å². The van der Waals surface area contributed by atoms with Crippen LogP contribution in [0.1, 0.15) is 65.0 Å². The predicted octanol–water partition coefficient (Wildman–Crippen LogP) is 3.53. The molecule has 6 nitrogen and oxygen atoms in total. The molecule has 3 aliphatic rings. The third-order valence-electron chi connectivity index (χ3n) is 7.61. The van der Waals surface area contributed by atoms with E-state index in [4.69, 9.17) is 4.98 Å². The molecule has 2 saturated carbocycles. The van der Waals surface area contributed by atoms with Crippen molar-refractivity contribution in [3.8, 4) is 0 Å². The van der Waals surface area contributed by atoms with Crippen molar-refractivity contribution in [2.75, 3.05) is 13.1 Å². The summed E-state index contributed by atoms with van der Waals surface area (Å²) in [5.74, 6) is 1.99. The van der Waals surface area contributed by atoms with Gasteiger partial charge in [0.15, 0.2) is 5.65 Å². The fourth-order valence-corrected chi connectivity index (χ4v) is 5.63. The molecule has 1 aliphatic heterocycles. The van der Waals surface area contributed by atoms with Gasteiger partial charge in [-0.25, -0.2) is 9.78 Å². The van der Waals surface area contributed by atoms with E-state index >= 15 is 0 Å². The van der Waals surface area contributed by atoms with E-state index in [0.717, 1.165) is 55.6 Å². The number of fused-ring (bicyclic) bond motifs is 2. The highest BCUT2D eigenvalue weighted by molar-refractivity contribution is 5.85. The molecule has 0 aromatic carbocycles.